The fraction of sp³-hybridized carbons (Fsp3) is 0. The average molecular weight is 867 g/mol. The van der Waals surface area contributed by atoms with E-state index in [1.54, 1.807) is 23.5 Å². The maximum atomic E-state index is 12.6. The molecule has 0 radical (unpaired) electrons. The molecule has 0 fully saturated rings. The molecule has 2 nitrogen and oxygen atoms in total. The third-order valence-electron chi connectivity index (χ3n) is 5.79. The lowest BCUT2D eigenvalue weighted by atomic mass is 10.3. The smallest absolute Gasteiger partial charge is 0.176 e. The van der Waals surface area contributed by atoms with Gasteiger partial charge in [0.05, 0.1) is 48.3 Å². The molecule has 0 saturated carbocycles. The van der Waals surface area contributed by atoms with Crippen molar-refractivity contribution in [2.24, 2.45) is 0 Å². The Hall–Kier alpha value is -1.72. The van der Waals surface area contributed by atoms with Gasteiger partial charge in [0.2, 0.25) is 0 Å². The van der Waals surface area contributed by atoms with Crippen LogP contribution in [0.25, 0.3) is 0 Å². The van der Waals surface area contributed by atoms with E-state index in [4.69, 9.17) is 0 Å². The highest BCUT2D eigenvalue weighted by Gasteiger charge is 2.23. The van der Waals surface area contributed by atoms with Crippen molar-refractivity contribution in [3.63, 3.8) is 0 Å². The molecule has 0 N–H and O–H groups in total. The fourth-order valence-corrected chi connectivity index (χ4v) is 10.2. The maximum Gasteiger partial charge on any atom is 0.176 e. The molecule has 2 aliphatic heterocycles. The van der Waals surface area contributed by atoms with Crippen molar-refractivity contribution in [2.45, 2.75) is 39.2 Å². The molecule has 2 heterocycles. The molecular formula is C30H16F4I2O2S4. The summed E-state index contributed by atoms with van der Waals surface area (Å²) in [7, 11) is -2.02. The highest BCUT2D eigenvalue weighted by Crippen LogP contribution is 2.43. The molecule has 0 spiro atoms. The Balaban J connectivity index is 0.000000127. The SMILES string of the molecule is Fc1c(F)c(I)c(F)c(F)c1I.O=S1c2ccccc2Sc2ccccc21.O=S1c2ccccc2Sc2ccccc21. The van der Waals surface area contributed by atoms with Gasteiger partial charge in [0.25, 0.3) is 0 Å². The normalized spacial score (nSPS) is 13.3. The van der Waals surface area contributed by atoms with Crippen molar-refractivity contribution in [1.29, 1.82) is 0 Å². The Morgan fingerprint density at radius 2 is 0.643 bits per heavy atom. The molecule has 12 heteroatoms. The van der Waals surface area contributed by atoms with E-state index in [1.807, 2.05) is 97.1 Å². The Labute approximate surface area is 280 Å². The van der Waals surface area contributed by atoms with Crippen molar-refractivity contribution < 1.29 is 26.0 Å². The fourth-order valence-electron chi connectivity index (χ4n) is 3.80. The quantitative estimate of drug-likeness (QED) is 0.0659. The molecule has 0 unspecified atom stereocenters. The maximum absolute atomic E-state index is 12.6. The number of halogens is 6. The molecule has 0 atom stereocenters. The van der Waals surface area contributed by atoms with E-state index in [9.17, 15) is 26.0 Å². The van der Waals surface area contributed by atoms with Crippen LogP contribution in [-0.2, 0) is 21.6 Å². The van der Waals surface area contributed by atoms with Gasteiger partial charge in [-0.15, -0.1) is 0 Å². The van der Waals surface area contributed by atoms with E-state index in [2.05, 4.69) is 0 Å². The van der Waals surface area contributed by atoms with Crippen molar-refractivity contribution in [3.8, 4) is 0 Å². The van der Waals surface area contributed by atoms with Crippen LogP contribution in [0, 0.1) is 30.4 Å². The lowest BCUT2D eigenvalue weighted by molar-refractivity contribution is 0.437. The van der Waals surface area contributed by atoms with Crippen LogP contribution in [0.4, 0.5) is 17.6 Å². The first kappa shape index (κ1) is 31.7. The van der Waals surface area contributed by atoms with Gasteiger partial charge in [-0.25, -0.2) is 26.0 Å². The molecular weight excluding hydrogens is 850 g/mol. The third kappa shape index (κ3) is 6.53. The van der Waals surface area contributed by atoms with Crippen LogP contribution >= 0.6 is 68.7 Å². The predicted octanol–water partition coefficient (Wildman–Crippen LogP) is 10.1. The topological polar surface area (TPSA) is 34.1 Å². The van der Waals surface area contributed by atoms with Gasteiger partial charge in [0.15, 0.2) is 23.3 Å². The largest absolute Gasteiger partial charge is 0.249 e. The summed E-state index contributed by atoms with van der Waals surface area (Å²) in [6.45, 7) is 0. The van der Waals surface area contributed by atoms with Crippen LogP contribution in [0.1, 0.15) is 0 Å². The van der Waals surface area contributed by atoms with Crippen molar-refractivity contribution in [1.82, 2.24) is 0 Å². The van der Waals surface area contributed by atoms with Gasteiger partial charge in [-0.2, -0.15) is 0 Å². The summed E-state index contributed by atoms with van der Waals surface area (Å²) in [6, 6.07) is 31.5. The van der Waals surface area contributed by atoms with Gasteiger partial charge in [-0.05, 0) is 93.7 Å². The van der Waals surface area contributed by atoms with Crippen molar-refractivity contribution >= 4 is 90.3 Å². The summed E-state index contributed by atoms with van der Waals surface area (Å²) < 4.78 is 73.6. The standard InChI is InChI=1S/2C12H8OS2.C6F4I2/c2*13-15-11-7-3-1-5-9(11)14-10-6-2-4-8-12(10)15;7-1-2(8)6(12)4(10)3(9)5(1)11/h2*1-8H;. The minimum Gasteiger partial charge on any atom is -0.249 e. The highest BCUT2D eigenvalue weighted by molar-refractivity contribution is 14.1. The molecule has 214 valence electrons. The zero-order valence-corrected chi connectivity index (χ0v) is 28.5. The first-order valence-corrected chi connectivity index (χ1v) is 18.0. The highest BCUT2D eigenvalue weighted by atomic mass is 127. The van der Waals surface area contributed by atoms with E-state index in [0.29, 0.717) is 0 Å². The van der Waals surface area contributed by atoms with Gasteiger partial charge >= 0.3 is 0 Å². The Bertz CT molecular complexity index is 1570. The Kier molecular flexibility index (Phi) is 10.5. The van der Waals surface area contributed by atoms with Gasteiger partial charge in [0, 0.05) is 19.6 Å². The summed E-state index contributed by atoms with van der Waals surface area (Å²) in [5, 5.41) is 0. The van der Waals surface area contributed by atoms with E-state index >= 15 is 0 Å². The molecule has 0 amide bonds. The average Bonchev–Trinajstić information content (AvgIpc) is 3.03. The second-order valence-corrected chi connectivity index (χ2v) is 15.6. The zero-order chi connectivity index (χ0) is 30.0. The molecule has 2 aliphatic rings. The van der Waals surface area contributed by atoms with Crippen LogP contribution in [0.15, 0.2) is 136 Å². The van der Waals surface area contributed by atoms with Crippen LogP contribution in [0.2, 0.25) is 0 Å². The summed E-state index contributed by atoms with van der Waals surface area (Å²) in [6.07, 6.45) is 0. The number of benzene rings is 5. The molecule has 0 aliphatic carbocycles. The third-order valence-corrected chi connectivity index (χ3v) is 13.5. The van der Waals surface area contributed by atoms with Gasteiger partial charge in [-0.3, -0.25) is 0 Å². The second-order valence-electron chi connectivity index (χ2n) is 8.41. The summed E-state index contributed by atoms with van der Waals surface area (Å²) in [4.78, 5) is 8.15. The molecule has 7 rings (SSSR count). The number of hydrogen-bond acceptors (Lipinski definition) is 4. The summed E-state index contributed by atoms with van der Waals surface area (Å²) >= 11 is 5.79. The molecule has 0 bridgehead atoms. The van der Waals surface area contributed by atoms with Crippen LogP contribution in [0.5, 0.6) is 0 Å². The second kappa shape index (κ2) is 13.9. The summed E-state index contributed by atoms with van der Waals surface area (Å²) in [5.41, 5.74) is 0. The van der Waals surface area contributed by atoms with Crippen LogP contribution in [-0.4, -0.2) is 8.42 Å². The molecule has 5 aromatic carbocycles. The van der Waals surface area contributed by atoms with E-state index < -0.39 is 52.0 Å². The van der Waals surface area contributed by atoms with Gasteiger partial charge in [0.1, 0.15) is 0 Å². The molecule has 42 heavy (non-hydrogen) atoms. The lowest BCUT2D eigenvalue weighted by Gasteiger charge is -2.17. The minimum atomic E-state index is -1.35. The Morgan fingerprint density at radius 1 is 0.429 bits per heavy atom. The van der Waals surface area contributed by atoms with Gasteiger partial charge < -0.3 is 0 Å². The number of rotatable bonds is 0. The van der Waals surface area contributed by atoms with E-state index in [1.165, 1.54) is 45.2 Å². The predicted molar refractivity (Wildman–Crippen MR) is 175 cm³/mol. The Morgan fingerprint density at radius 3 is 0.881 bits per heavy atom. The lowest BCUT2D eigenvalue weighted by Crippen LogP contribution is -2.02. The van der Waals surface area contributed by atoms with Crippen molar-refractivity contribution in [2.75, 3.05) is 0 Å². The number of hydrogen-bond donors (Lipinski definition) is 0. The number of fused-ring (bicyclic) bond motifs is 4. The summed E-state index contributed by atoms with van der Waals surface area (Å²) in [5.74, 6) is -5.39. The van der Waals surface area contributed by atoms with Crippen molar-refractivity contribution in [3.05, 3.63) is 127 Å². The molecule has 0 saturated heterocycles. The zero-order valence-electron chi connectivity index (χ0n) is 21.0. The monoisotopic (exact) mass is 866 g/mol. The first-order valence-electron chi connectivity index (χ1n) is 11.9. The first-order chi connectivity index (χ1) is 20.2. The van der Waals surface area contributed by atoms with Crippen LogP contribution in [0.3, 0.4) is 0 Å². The van der Waals surface area contributed by atoms with E-state index in [-0.39, 0.29) is 0 Å². The minimum absolute atomic E-state index is 0.664. The van der Waals surface area contributed by atoms with Gasteiger partial charge in [-0.1, -0.05) is 72.1 Å². The molecule has 5 aromatic rings. The van der Waals surface area contributed by atoms with Crippen LogP contribution < -0.4 is 0 Å². The molecule has 0 aromatic heterocycles. The van der Waals surface area contributed by atoms with E-state index in [0.717, 1.165) is 39.2 Å².